The van der Waals surface area contributed by atoms with Gasteiger partial charge in [-0.05, 0) is 70.8 Å². The summed E-state index contributed by atoms with van der Waals surface area (Å²) in [6, 6.07) is 8.10. The molecule has 224 valence electrons. The Labute approximate surface area is 239 Å². The lowest BCUT2D eigenvalue weighted by Gasteiger charge is -2.20. The summed E-state index contributed by atoms with van der Waals surface area (Å²) in [6.07, 6.45) is -4.84. The Kier molecular flexibility index (Phi) is 8.02. The average molecular weight is 610 g/mol. The van der Waals surface area contributed by atoms with Gasteiger partial charge in [0.15, 0.2) is 0 Å². The Bertz CT molecular complexity index is 1690. The van der Waals surface area contributed by atoms with Crippen LogP contribution in [0.1, 0.15) is 35.6 Å². The van der Waals surface area contributed by atoms with E-state index in [1.165, 1.54) is 0 Å². The van der Waals surface area contributed by atoms with E-state index in [-0.39, 0.29) is 35.9 Å². The minimum Gasteiger partial charge on any atom is -0.429 e. The van der Waals surface area contributed by atoms with Crippen molar-refractivity contribution in [3.05, 3.63) is 118 Å². The van der Waals surface area contributed by atoms with Gasteiger partial charge in [-0.15, -0.1) is 0 Å². The van der Waals surface area contributed by atoms with E-state index in [2.05, 4.69) is 11.7 Å². The van der Waals surface area contributed by atoms with E-state index in [0.717, 1.165) is 42.5 Å². The van der Waals surface area contributed by atoms with Gasteiger partial charge in [0.05, 0.1) is 11.1 Å². The molecule has 1 aliphatic rings. The van der Waals surface area contributed by atoms with Crippen LogP contribution in [0.4, 0.5) is 43.9 Å². The number of benzene rings is 4. The molecular formula is C32H20F10O. The van der Waals surface area contributed by atoms with Crippen LogP contribution in [0.3, 0.4) is 0 Å². The highest BCUT2D eigenvalue weighted by molar-refractivity contribution is 5.73. The molecular weight excluding hydrogens is 590 g/mol. The van der Waals surface area contributed by atoms with Crippen molar-refractivity contribution < 1.29 is 48.6 Å². The third kappa shape index (κ3) is 5.98. The van der Waals surface area contributed by atoms with Crippen molar-refractivity contribution >= 4 is 6.08 Å². The van der Waals surface area contributed by atoms with E-state index in [1.807, 2.05) is 12.1 Å². The van der Waals surface area contributed by atoms with Crippen LogP contribution in [-0.4, -0.2) is 0 Å². The quantitative estimate of drug-likeness (QED) is 0.189. The zero-order chi connectivity index (χ0) is 31.2. The van der Waals surface area contributed by atoms with Crippen molar-refractivity contribution in [2.45, 2.75) is 32.3 Å². The molecule has 1 unspecified atom stereocenters. The lowest BCUT2D eigenvalue weighted by Crippen LogP contribution is -2.25. The summed E-state index contributed by atoms with van der Waals surface area (Å²) in [7, 11) is 0. The van der Waals surface area contributed by atoms with Gasteiger partial charge in [-0.3, -0.25) is 0 Å². The Balaban J connectivity index is 1.45. The van der Waals surface area contributed by atoms with E-state index >= 15 is 8.78 Å². The van der Waals surface area contributed by atoms with Gasteiger partial charge in [-0.2, -0.15) is 17.6 Å². The molecule has 1 aliphatic carbocycles. The number of halogens is 10. The van der Waals surface area contributed by atoms with Gasteiger partial charge >= 0.3 is 6.11 Å². The molecule has 0 saturated carbocycles. The average Bonchev–Trinajstić information content (AvgIpc) is 3.32. The molecule has 5 rings (SSSR count). The Morgan fingerprint density at radius 3 is 1.84 bits per heavy atom. The van der Waals surface area contributed by atoms with Crippen molar-refractivity contribution in [3.8, 4) is 28.0 Å². The maximum atomic E-state index is 15.2. The maximum absolute atomic E-state index is 15.2. The normalized spacial score (nSPS) is 14.5. The minimum absolute atomic E-state index is 0.116. The summed E-state index contributed by atoms with van der Waals surface area (Å²) in [6.45, 7) is 2.08. The zero-order valence-electron chi connectivity index (χ0n) is 22.2. The van der Waals surface area contributed by atoms with Crippen molar-refractivity contribution in [1.29, 1.82) is 0 Å². The fourth-order valence-electron chi connectivity index (χ4n) is 5.25. The molecule has 43 heavy (non-hydrogen) atoms. The SMILES string of the molecule is CCC1Cc2ccc(-c3cc(F)c(-c4cc(F)c(C(F)(F)Oc5cc(F)c(C=C(F)F)c(F)c5)c(F)c4)c(F)c3)cc2C1. The number of hydrogen-bond acceptors (Lipinski definition) is 1. The molecule has 0 amide bonds. The number of alkyl halides is 2. The molecule has 0 fully saturated rings. The van der Waals surface area contributed by atoms with Gasteiger partial charge in [-0.1, -0.05) is 31.5 Å². The fourth-order valence-corrected chi connectivity index (χ4v) is 5.25. The molecule has 4 aromatic carbocycles. The van der Waals surface area contributed by atoms with E-state index in [9.17, 15) is 35.1 Å². The van der Waals surface area contributed by atoms with Crippen LogP contribution in [0.5, 0.6) is 5.75 Å². The molecule has 0 aromatic heterocycles. The zero-order valence-corrected chi connectivity index (χ0v) is 22.2. The van der Waals surface area contributed by atoms with E-state index in [4.69, 9.17) is 0 Å². The second kappa shape index (κ2) is 11.4. The molecule has 1 atom stereocenters. The highest BCUT2D eigenvalue weighted by atomic mass is 19.3. The number of fused-ring (bicyclic) bond motifs is 1. The molecule has 0 saturated heterocycles. The fraction of sp³-hybridized carbons (Fsp3) is 0.188. The smallest absolute Gasteiger partial charge is 0.429 e. The summed E-state index contributed by atoms with van der Waals surface area (Å²) >= 11 is 0. The first-order chi connectivity index (χ1) is 20.3. The molecule has 0 radical (unpaired) electrons. The monoisotopic (exact) mass is 610 g/mol. The summed E-state index contributed by atoms with van der Waals surface area (Å²) in [5.41, 5.74) is -1.99. The van der Waals surface area contributed by atoms with Crippen LogP contribution in [0.25, 0.3) is 28.3 Å². The van der Waals surface area contributed by atoms with Crippen LogP contribution in [-0.2, 0) is 19.0 Å². The van der Waals surface area contributed by atoms with Gasteiger partial charge in [0.2, 0.25) is 0 Å². The van der Waals surface area contributed by atoms with Gasteiger partial charge in [0.1, 0.15) is 46.2 Å². The Hall–Kier alpha value is -4.28. The summed E-state index contributed by atoms with van der Waals surface area (Å²) in [5.74, 6) is -10.6. The maximum Gasteiger partial charge on any atom is 0.432 e. The lowest BCUT2D eigenvalue weighted by molar-refractivity contribution is -0.189. The van der Waals surface area contributed by atoms with Crippen LogP contribution in [0.15, 0.2) is 60.7 Å². The first-order valence-electron chi connectivity index (χ1n) is 13.0. The van der Waals surface area contributed by atoms with Crippen molar-refractivity contribution in [3.63, 3.8) is 0 Å². The predicted octanol–water partition coefficient (Wildman–Crippen LogP) is 10.3. The molecule has 1 nitrogen and oxygen atoms in total. The van der Waals surface area contributed by atoms with Crippen LogP contribution >= 0.6 is 0 Å². The third-order valence-corrected chi connectivity index (χ3v) is 7.35. The van der Waals surface area contributed by atoms with Gasteiger partial charge in [0.25, 0.3) is 6.08 Å². The minimum atomic E-state index is -4.89. The first kappa shape index (κ1) is 30.2. The van der Waals surface area contributed by atoms with Crippen molar-refractivity contribution in [2.24, 2.45) is 5.92 Å². The molecule has 4 aromatic rings. The Morgan fingerprint density at radius 1 is 0.721 bits per heavy atom. The van der Waals surface area contributed by atoms with Crippen LogP contribution in [0, 0.1) is 40.8 Å². The lowest BCUT2D eigenvalue weighted by atomic mass is 9.96. The number of ether oxygens (including phenoxy) is 1. The van der Waals surface area contributed by atoms with E-state index in [1.54, 1.807) is 6.07 Å². The predicted molar refractivity (Wildman–Crippen MR) is 139 cm³/mol. The highest BCUT2D eigenvalue weighted by Crippen LogP contribution is 2.40. The Morgan fingerprint density at radius 2 is 1.28 bits per heavy atom. The number of rotatable bonds is 7. The third-order valence-electron chi connectivity index (χ3n) is 7.35. The topological polar surface area (TPSA) is 9.23 Å². The molecule has 0 bridgehead atoms. The van der Waals surface area contributed by atoms with Crippen molar-refractivity contribution in [2.75, 3.05) is 0 Å². The second-order valence-corrected chi connectivity index (χ2v) is 10.1. The standard InChI is InChI=1S/C32H20F10O/c1-2-15-5-16-3-4-17(7-18(16)6-15)19-8-25(35)30(26(36)9-19)20-10-27(37)31(28(38)11-20)32(41,42)43-21-12-23(33)22(14-29(39)40)24(34)13-21/h3-4,7-15H,2,5-6H2,1H3. The van der Waals surface area contributed by atoms with E-state index < -0.39 is 75.1 Å². The number of hydrogen-bond donors (Lipinski definition) is 0. The molecule has 0 N–H and O–H groups in total. The van der Waals surface area contributed by atoms with Gasteiger partial charge in [-0.25, -0.2) is 26.3 Å². The molecule has 0 heterocycles. The van der Waals surface area contributed by atoms with E-state index in [0.29, 0.717) is 11.5 Å². The second-order valence-electron chi connectivity index (χ2n) is 10.1. The molecule has 11 heteroatoms. The first-order valence-corrected chi connectivity index (χ1v) is 13.0. The van der Waals surface area contributed by atoms with Gasteiger partial charge in [0, 0.05) is 18.2 Å². The summed E-state index contributed by atoms with van der Waals surface area (Å²) in [5, 5.41) is 0. The highest BCUT2D eigenvalue weighted by Gasteiger charge is 2.42. The van der Waals surface area contributed by atoms with Gasteiger partial charge < -0.3 is 4.74 Å². The molecule has 0 spiro atoms. The summed E-state index contributed by atoms with van der Waals surface area (Å²) < 4.78 is 147. The largest absolute Gasteiger partial charge is 0.432 e. The summed E-state index contributed by atoms with van der Waals surface area (Å²) in [4.78, 5) is 0. The van der Waals surface area contributed by atoms with Crippen LogP contribution < -0.4 is 4.74 Å². The van der Waals surface area contributed by atoms with Crippen molar-refractivity contribution in [1.82, 2.24) is 0 Å². The van der Waals surface area contributed by atoms with Crippen LogP contribution in [0.2, 0.25) is 0 Å². The molecule has 0 aliphatic heterocycles.